The van der Waals surface area contributed by atoms with Crippen molar-refractivity contribution in [3.63, 3.8) is 0 Å². The van der Waals surface area contributed by atoms with Gasteiger partial charge in [-0.05, 0) is 25.1 Å². The van der Waals surface area contributed by atoms with Crippen LogP contribution in [0.4, 0.5) is 10.1 Å². The number of hydrogen-bond donors (Lipinski definition) is 2. The van der Waals surface area contributed by atoms with Gasteiger partial charge in [-0.3, -0.25) is 4.79 Å². The summed E-state index contributed by atoms with van der Waals surface area (Å²) in [5, 5.41) is 2.37. The van der Waals surface area contributed by atoms with E-state index >= 15 is 0 Å². The van der Waals surface area contributed by atoms with Gasteiger partial charge in [-0.2, -0.15) is 0 Å². The van der Waals surface area contributed by atoms with E-state index in [0.29, 0.717) is 0 Å². The topological polar surface area (TPSA) is 75.3 Å². The summed E-state index contributed by atoms with van der Waals surface area (Å²) in [4.78, 5) is 11.3. The van der Waals surface area contributed by atoms with Gasteiger partial charge in [0, 0.05) is 5.69 Å². The van der Waals surface area contributed by atoms with Crippen LogP contribution in [0.25, 0.3) is 0 Å². The predicted molar refractivity (Wildman–Crippen MR) is 62.5 cm³/mol. The molecule has 17 heavy (non-hydrogen) atoms. The molecule has 0 spiro atoms. The fourth-order valence-corrected chi connectivity index (χ4v) is 1.60. The number of sulfonamides is 1. The highest BCUT2D eigenvalue weighted by Gasteiger charge is 2.09. The Balaban J connectivity index is 2.51. The first-order valence-electron chi connectivity index (χ1n) is 4.95. The van der Waals surface area contributed by atoms with Crippen LogP contribution in [0.1, 0.15) is 6.92 Å². The fourth-order valence-electron chi connectivity index (χ4n) is 1.05. The van der Waals surface area contributed by atoms with E-state index < -0.39 is 21.7 Å². The Morgan fingerprint density at radius 1 is 1.41 bits per heavy atom. The first kappa shape index (κ1) is 13.6. The number of anilines is 1. The largest absolute Gasteiger partial charge is 0.325 e. The molecule has 5 nitrogen and oxygen atoms in total. The van der Waals surface area contributed by atoms with Crippen molar-refractivity contribution >= 4 is 21.6 Å². The van der Waals surface area contributed by atoms with Crippen LogP contribution >= 0.6 is 0 Å². The molecule has 0 fully saturated rings. The van der Waals surface area contributed by atoms with E-state index in [4.69, 9.17) is 0 Å². The van der Waals surface area contributed by atoms with Crippen molar-refractivity contribution in [2.24, 2.45) is 0 Å². The molecule has 0 saturated heterocycles. The number of nitrogens with one attached hydrogen (secondary N) is 2. The van der Waals surface area contributed by atoms with Gasteiger partial charge in [-0.25, -0.2) is 17.5 Å². The summed E-state index contributed by atoms with van der Waals surface area (Å²) >= 11 is 0. The standard InChI is InChI=1S/C10H13FN2O3S/c1-2-17(15,16)12-7-10(14)13-9-5-3-4-8(11)6-9/h3-6,12H,2,7H2,1H3,(H,13,14). The number of rotatable bonds is 5. The van der Waals surface area contributed by atoms with E-state index in [0.717, 1.165) is 6.07 Å². The van der Waals surface area contributed by atoms with Crippen molar-refractivity contribution in [3.05, 3.63) is 30.1 Å². The molecule has 94 valence electrons. The SMILES string of the molecule is CCS(=O)(=O)NCC(=O)Nc1cccc(F)c1. The number of amides is 1. The monoisotopic (exact) mass is 260 g/mol. The molecule has 2 N–H and O–H groups in total. The van der Waals surface area contributed by atoms with Crippen LogP contribution in [0.15, 0.2) is 24.3 Å². The molecule has 1 aromatic rings. The number of carbonyl (C=O) groups is 1. The van der Waals surface area contributed by atoms with Crippen LogP contribution in [-0.4, -0.2) is 26.6 Å². The van der Waals surface area contributed by atoms with Gasteiger partial charge in [0.25, 0.3) is 0 Å². The summed E-state index contributed by atoms with van der Waals surface area (Å²) in [5.41, 5.74) is 0.283. The lowest BCUT2D eigenvalue weighted by atomic mass is 10.3. The van der Waals surface area contributed by atoms with E-state index in [9.17, 15) is 17.6 Å². The van der Waals surface area contributed by atoms with Crippen LogP contribution < -0.4 is 10.0 Å². The van der Waals surface area contributed by atoms with Crippen LogP contribution in [0.5, 0.6) is 0 Å². The van der Waals surface area contributed by atoms with Crippen molar-refractivity contribution in [2.75, 3.05) is 17.6 Å². The van der Waals surface area contributed by atoms with Crippen molar-refractivity contribution in [1.29, 1.82) is 0 Å². The number of benzene rings is 1. The van der Waals surface area contributed by atoms with Crippen molar-refractivity contribution in [2.45, 2.75) is 6.92 Å². The first-order valence-corrected chi connectivity index (χ1v) is 6.61. The van der Waals surface area contributed by atoms with Gasteiger partial charge in [-0.15, -0.1) is 0 Å². The number of halogens is 1. The molecular formula is C10H13FN2O3S. The highest BCUT2D eigenvalue weighted by Crippen LogP contribution is 2.08. The minimum absolute atomic E-state index is 0.0970. The third kappa shape index (κ3) is 4.92. The van der Waals surface area contributed by atoms with Gasteiger partial charge in [0.2, 0.25) is 15.9 Å². The zero-order valence-electron chi connectivity index (χ0n) is 9.23. The van der Waals surface area contributed by atoms with Gasteiger partial charge >= 0.3 is 0 Å². The zero-order valence-corrected chi connectivity index (χ0v) is 10.1. The second-order valence-corrected chi connectivity index (χ2v) is 5.38. The van der Waals surface area contributed by atoms with E-state index in [-0.39, 0.29) is 18.0 Å². The summed E-state index contributed by atoms with van der Waals surface area (Å²) in [6, 6.07) is 5.35. The molecule has 7 heteroatoms. The zero-order chi connectivity index (χ0) is 12.9. The summed E-state index contributed by atoms with van der Waals surface area (Å²) in [5.74, 6) is -1.12. The molecule has 0 unspecified atom stereocenters. The number of carbonyl (C=O) groups excluding carboxylic acids is 1. The van der Waals surface area contributed by atoms with E-state index in [1.165, 1.54) is 25.1 Å². The molecule has 0 radical (unpaired) electrons. The lowest BCUT2D eigenvalue weighted by molar-refractivity contribution is -0.115. The number of hydrogen-bond acceptors (Lipinski definition) is 3. The molecule has 1 amide bonds. The van der Waals surface area contributed by atoms with Crippen molar-refractivity contribution in [1.82, 2.24) is 4.72 Å². The third-order valence-corrected chi connectivity index (χ3v) is 3.29. The lowest BCUT2D eigenvalue weighted by Crippen LogP contribution is -2.33. The summed E-state index contributed by atoms with van der Waals surface area (Å²) in [6.07, 6.45) is 0. The summed E-state index contributed by atoms with van der Waals surface area (Å²) in [6.45, 7) is 1.10. The van der Waals surface area contributed by atoms with Gasteiger partial charge < -0.3 is 5.32 Å². The van der Waals surface area contributed by atoms with Crippen LogP contribution in [-0.2, 0) is 14.8 Å². The Morgan fingerprint density at radius 3 is 2.71 bits per heavy atom. The Kier molecular flexibility index (Phi) is 4.59. The third-order valence-electron chi connectivity index (χ3n) is 1.94. The van der Waals surface area contributed by atoms with Crippen LogP contribution in [0.3, 0.4) is 0 Å². The van der Waals surface area contributed by atoms with Crippen molar-refractivity contribution in [3.8, 4) is 0 Å². The average Bonchev–Trinajstić information content (AvgIpc) is 2.27. The lowest BCUT2D eigenvalue weighted by Gasteiger charge is -2.06. The Morgan fingerprint density at radius 2 is 2.12 bits per heavy atom. The van der Waals surface area contributed by atoms with E-state index in [2.05, 4.69) is 10.0 Å². The van der Waals surface area contributed by atoms with Gasteiger partial charge in [0.1, 0.15) is 5.82 Å². The molecule has 0 aliphatic carbocycles. The van der Waals surface area contributed by atoms with Crippen molar-refractivity contribution < 1.29 is 17.6 Å². The quantitative estimate of drug-likeness (QED) is 0.818. The molecule has 0 bridgehead atoms. The normalized spacial score (nSPS) is 11.2. The molecule has 0 aliphatic heterocycles. The first-order chi connectivity index (χ1) is 7.93. The molecule has 0 heterocycles. The van der Waals surface area contributed by atoms with Crippen LogP contribution in [0, 0.1) is 5.82 Å². The maximum absolute atomic E-state index is 12.8. The van der Waals surface area contributed by atoms with Gasteiger partial charge in [0.15, 0.2) is 0 Å². The summed E-state index contributed by atoms with van der Waals surface area (Å²) in [7, 11) is -3.40. The van der Waals surface area contributed by atoms with Gasteiger partial charge in [-0.1, -0.05) is 6.07 Å². The Bertz CT molecular complexity index is 502. The minimum Gasteiger partial charge on any atom is -0.325 e. The molecule has 0 aliphatic rings. The van der Waals surface area contributed by atoms with Gasteiger partial charge in [0.05, 0.1) is 12.3 Å². The Hall–Kier alpha value is -1.47. The average molecular weight is 260 g/mol. The highest BCUT2D eigenvalue weighted by molar-refractivity contribution is 7.89. The smallest absolute Gasteiger partial charge is 0.239 e. The van der Waals surface area contributed by atoms with E-state index in [1.807, 2.05) is 0 Å². The molecule has 0 saturated carbocycles. The maximum Gasteiger partial charge on any atom is 0.239 e. The highest BCUT2D eigenvalue weighted by atomic mass is 32.2. The maximum atomic E-state index is 12.8. The fraction of sp³-hybridized carbons (Fsp3) is 0.300. The predicted octanol–water partition coefficient (Wildman–Crippen LogP) is 0.703. The molecular weight excluding hydrogens is 247 g/mol. The second kappa shape index (κ2) is 5.74. The molecule has 0 aromatic heterocycles. The molecule has 1 aromatic carbocycles. The summed E-state index contributed by atoms with van der Waals surface area (Å²) < 4.78 is 37.0. The minimum atomic E-state index is -3.40. The molecule has 1 rings (SSSR count). The molecule has 0 atom stereocenters. The second-order valence-electron chi connectivity index (χ2n) is 3.28. The van der Waals surface area contributed by atoms with Crippen LogP contribution in [0.2, 0.25) is 0 Å². The Labute approximate surface area is 99.1 Å². The van der Waals surface area contributed by atoms with E-state index in [1.54, 1.807) is 0 Å².